The predicted octanol–water partition coefficient (Wildman–Crippen LogP) is 3.99. The van der Waals surface area contributed by atoms with Crippen molar-refractivity contribution in [1.29, 1.82) is 0 Å². The van der Waals surface area contributed by atoms with Gasteiger partial charge in [0.05, 0.1) is 18.9 Å². The van der Waals surface area contributed by atoms with E-state index in [1.165, 1.54) is 5.39 Å². The van der Waals surface area contributed by atoms with Gasteiger partial charge >= 0.3 is 0 Å². The molecule has 0 aromatic heterocycles. The number of hydrogen-bond acceptors (Lipinski definition) is 4. The van der Waals surface area contributed by atoms with E-state index in [4.69, 9.17) is 4.74 Å². The molecular weight excluding hydrogens is 300 g/mol. The van der Waals surface area contributed by atoms with Gasteiger partial charge in [0.15, 0.2) is 0 Å². The number of methoxy groups -OCH3 is 1. The van der Waals surface area contributed by atoms with E-state index in [0.29, 0.717) is 6.42 Å². The Kier molecular flexibility index (Phi) is 3.58. The van der Waals surface area contributed by atoms with Gasteiger partial charge in [-0.05, 0) is 29.0 Å². The molecule has 0 radical (unpaired) electrons. The summed E-state index contributed by atoms with van der Waals surface area (Å²) in [7, 11) is 1.69. The summed E-state index contributed by atoms with van der Waals surface area (Å²) in [4.78, 5) is 0. The van der Waals surface area contributed by atoms with E-state index >= 15 is 0 Å². The average Bonchev–Trinajstić information content (AvgIpc) is 3.10. The van der Waals surface area contributed by atoms with Gasteiger partial charge in [0.1, 0.15) is 11.5 Å². The normalized spacial score (nSPS) is 16.7. The van der Waals surface area contributed by atoms with Gasteiger partial charge in [0.25, 0.3) is 0 Å². The maximum atomic E-state index is 10.1. The van der Waals surface area contributed by atoms with Crippen molar-refractivity contribution in [1.82, 2.24) is 5.43 Å². The first-order valence-electron chi connectivity index (χ1n) is 7.94. The topological polar surface area (TPSA) is 53.9 Å². The number of para-hydroxylation sites is 1. The van der Waals surface area contributed by atoms with Crippen molar-refractivity contribution in [2.45, 2.75) is 12.5 Å². The molecule has 0 amide bonds. The van der Waals surface area contributed by atoms with E-state index in [0.717, 1.165) is 28.0 Å². The molecule has 1 heterocycles. The Hall–Kier alpha value is -3.01. The first-order valence-corrected chi connectivity index (χ1v) is 7.94. The predicted molar refractivity (Wildman–Crippen MR) is 95.6 cm³/mol. The third-order valence-electron chi connectivity index (χ3n) is 4.47. The summed E-state index contributed by atoms with van der Waals surface area (Å²) >= 11 is 0. The molecule has 0 aliphatic carbocycles. The Morgan fingerprint density at radius 2 is 1.83 bits per heavy atom. The molecule has 3 aromatic carbocycles. The van der Waals surface area contributed by atoms with Crippen LogP contribution in [0.5, 0.6) is 11.5 Å². The second-order valence-electron chi connectivity index (χ2n) is 5.86. The molecule has 4 nitrogen and oxygen atoms in total. The molecule has 4 heteroatoms. The molecule has 2 N–H and O–H groups in total. The number of hydrogen-bond donors (Lipinski definition) is 2. The first-order chi connectivity index (χ1) is 11.8. The molecule has 0 saturated carbocycles. The van der Waals surface area contributed by atoms with Crippen LogP contribution in [-0.2, 0) is 0 Å². The number of phenolic OH excluding ortho intramolecular Hbond substituents is 1. The molecule has 120 valence electrons. The van der Waals surface area contributed by atoms with Crippen molar-refractivity contribution in [3.63, 3.8) is 0 Å². The summed E-state index contributed by atoms with van der Waals surface area (Å²) in [6.45, 7) is 0. The minimum absolute atomic E-state index is 0.0145. The van der Waals surface area contributed by atoms with Crippen LogP contribution in [0.25, 0.3) is 10.8 Å². The van der Waals surface area contributed by atoms with Crippen molar-refractivity contribution in [2.24, 2.45) is 5.10 Å². The molecule has 0 saturated heterocycles. The van der Waals surface area contributed by atoms with Crippen LogP contribution >= 0.6 is 0 Å². The summed E-state index contributed by atoms with van der Waals surface area (Å²) in [5, 5.41) is 16.9. The third-order valence-corrected chi connectivity index (χ3v) is 4.47. The van der Waals surface area contributed by atoms with Gasteiger partial charge in [-0.3, -0.25) is 0 Å². The minimum Gasteiger partial charge on any atom is -0.507 e. The van der Waals surface area contributed by atoms with Crippen molar-refractivity contribution < 1.29 is 9.84 Å². The van der Waals surface area contributed by atoms with Crippen molar-refractivity contribution in [2.75, 3.05) is 7.11 Å². The standard InChI is InChI=1S/C20H18N2O2/c1-24-19-11-10-13-6-2-3-7-14(13)20(19)17-12-16(21-22-17)15-8-4-5-9-18(15)23/h2-11,17,22-23H,12H2,1H3. The second-order valence-corrected chi connectivity index (χ2v) is 5.86. The van der Waals surface area contributed by atoms with Gasteiger partial charge in [0.2, 0.25) is 0 Å². The summed E-state index contributed by atoms with van der Waals surface area (Å²) in [6, 6.07) is 19.6. The highest BCUT2D eigenvalue weighted by Gasteiger charge is 2.26. The fourth-order valence-corrected chi connectivity index (χ4v) is 3.31. The number of phenols is 1. The highest BCUT2D eigenvalue weighted by molar-refractivity contribution is 6.04. The number of hydrazone groups is 1. The number of rotatable bonds is 3. The number of aromatic hydroxyl groups is 1. The van der Waals surface area contributed by atoms with Gasteiger partial charge in [0, 0.05) is 17.5 Å². The van der Waals surface area contributed by atoms with Gasteiger partial charge in [-0.15, -0.1) is 0 Å². The van der Waals surface area contributed by atoms with Crippen molar-refractivity contribution >= 4 is 16.5 Å². The van der Waals surface area contributed by atoms with Crippen LogP contribution in [-0.4, -0.2) is 17.9 Å². The Balaban J connectivity index is 1.74. The quantitative estimate of drug-likeness (QED) is 0.767. The van der Waals surface area contributed by atoms with Crippen molar-refractivity contribution in [3.05, 3.63) is 71.8 Å². The summed E-state index contributed by atoms with van der Waals surface area (Å²) < 4.78 is 5.59. The Labute approximate surface area is 140 Å². The lowest BCUT2D eigenvalue weighted by atomic mass is 9.93. The Bertz CT molecular complexity index is 934. The molecule has 0 spiro atoms. The fraction of sp³-hybridized carbons (Fsp3) is 0.150. The number of nitrogens with zero attached hydrogens (tertiary/aromatic N) is 1. The van der Waals surface area contributed by atoms with Crippen LogP contribution in [0.3, 0.4) is 0 Å². The molecular formula is C20H18N2O2. The SMILES string of the molecule is COc1ccc2ccccc2c1C1CC(c2ccccc2O)=NN1. The van der Waals surface area contributed by atoms with Gasteiger partial charge in [-0.1, -0.05) is 42.5 Å². The lowest BCUT2D eigenvalue weighted by Crippen LogP contribution is -2.12. The van der Waals surface area contributed by atoms with E-state index in [9.17, 15) is 5.11 Å². The molecule has 24 heavy (non-hydrogen) atoms. The smallest absolute Gasteiger partial charge is 0.124 e. The van der Waals surface area contributed by atoms with E-state index in [2.05, 4.69) is 28.7 Å². The fourth-order valence-electron chi connectivity index (χ4n) is 3.31. The average molecular weight is 318 g/mol. The largest absolute Gasteiger partial charge is 0.507 e. The molecule has 1 unspecified atom stereocenters. The summed E-state index contributed by atoms with van der Waals surface area (Å²) in [5.74, 6) is 1.10. The molecule has 0 fully saturated rings. The van der Waals surface area contributed by atoms with E-state index in [-0.39, 0.29) is 11.8 Å². The van der Waals surface area contributed by atoms with E-state index < -0.39 is 0 Å². The molecule has 1 aliphatic heterocycles. The zero-order chi connectivity index (χ0) is 16.5. The number of nitrogens with one attached hydrogen (secondary N) is 1. The Morgan fingerprint density at radius 1 is 1.04 bits per heavy atom. The van der Waals surface area contributed by atoms with Crippen LogP contribution in [0.1, 0.15) is 23.6 Å². The number of ether oxygens (including phenoxy) is 1. The first kappa shape index (κ1) is 14.6. The van der Waals surface area contributed by atoms with Crippen molar-refractivity contribution in [3.8, 4) is 11.5 Å². The number of benzene rings is 3. The lowest BCUT2D eigenvalue weighted by Gasteiger charge is -2.17. The molecule has 1 atom stereocenters. The zero-order valence-electron chi connectivity index (χ0n) is 13.4. The van der Waals surface area contributed by atoms with Crippen LogP contribution in [0.4, 0.5) is 0 Å². The highest BCUT2D eigenvalue weighted by Crippen LogP contribution is 2.37. The van der Waals surface area contributed by atoms with Gasteiger partial charge in [-0.25, -0.2) is 0 Å². The lowest BCUT2D eigenvalue weighted by molar-refractivity contribution is 0.404. The van der Waals surface area contributed by atoms with Crippen LogP contribution in [0.2, 0.25) is 0 Å². The maximum Gasteiger partial charge on any atom is 0.124 e. The maximum absolute atomic E-state index is 10.1. The molecule has 4 rings (SSSR count). The summed E-state index contributed by atoms with van der Waals surface area (Å²) in [5.41, 5.74) is 5.94. The third kappa shape index (κ3) is 2.36. The second kappa shape index (κ2) is 5.89. The van der Waals surface area contributed by atoms with Crippen LogP contribution < -0.4 is 10.2 Å². The zero-order valence-corrected chi connectivity index (χ0v) is 13.4. The Morgan fingerprint density at radius 3 is 2.67 bits per heavy atom. The molecule has 3 aromatic rings. The van der Waals surface area contributed by atoms with Crippen LogP contribution in [0, 0.1) is 0 Å². The monoisotopic (exact) mass is 318 g/mol. The van der Waals surface area contributed by atoms with Gasteiger partial charge < -0.3 is 15.3 Å². The number of fused-ring (bicyclic) bond motifs is 1. The van der Waals surface area contributed by atoms with Crippen LogP contribution in [0.15, 0.2) is 65.8 Å². The summed E-state index contributed by atoms with van der Waals surface area (Å²) in [6.07, 6.45) is 0.696. The van der Waals surface area contributed by atoms with Gasteiger partial charge in [-0.2, -0.15) is 5.10 Å². The van der Waals surface area contributed by atoms with E-state index in [1.807, 2.05) is 36.4 Å². The van der Waals surface area contributed by atoms with E-state index in [1.54, 1.807) is 13.2 Å². The molecule has 1 aliphatic rings. The minimum atomic E-state index is 0.0145. The highest BCUT2D eigenvalue weighted by atomic mass is 16.5. The molecule has 0 bridgehead atoms.